The quantitative estimate of drug-likeness (QED) is 0.514. The van der Waals surface area contributed by atoms with Gasteiger partial charge in [0.1, 0.15) is 5.75 Å². The third kappa shape index (κ3) is 4.07. The van der Waals surface area contributed by atoms with E-state index >= 15 is 0 Å². The predicted octanol–water partition coefficient (Wildman–Crippen LogP) is 4.00. The Hall–Kier alpha value is -2.33. The summed E-state index contributed by atoms with van der Waals surface area (Å²) in [5.74, 6) is -0.977. The fourth-order valence-corrected chi connectivity index (χ4v) is 3.82. The molecular weight excluding hydrogens is 469 g/mol. The van der Waals surface area contributed by atoms with E-state index in [2.05, 4.69) is 0 Å². The first-order valence-electron chi connectivity index (χ1n) is 7.43. The van der Waals surface area contributed by atoms with E-state index in [1.807, 2.05) is 28.7 Å². The van der Waals surface area contributed by atoms with Gasteiger partial charge in [-0.1, -0.05) is 24.3 Å². The average molecular weight is 481 g/mol. The lowest BCUT2D eigenvalue weighted by molar-refractivity contribution is -0.139. The summed E-state index contributed by atoms with van der Waals surface area (Å²) in [5.41, 5.74) is 1.25. The number of hydrogen-bond acceptors (Lipinski definition) is 5. The van der Waals surface area contributed by atoms with Gasteiger partial charge in [-0.3, -0.25) is 9.59 Å². The van der Waals surface area contributed by atoms with Gasteiger partial charge in [-0.05, 0) is 70.3 Å². The van der Waals surface area contributed by atoms with Crippen molar-refractivity contribution in [2.45, 2.75) is 0 Å². The van der Waals surface area contributed by atoms with Gasteiger partial charge in [0.25, 0.3) is 11.1 Å². The van der Waals surface area contributed by atoms with Gasteiger partial charge in [0.2, 0.25) is 0 Å². The Labute approximate surface area is 167 Å². The molecule has 0 atom stereocenters. The lowest BCUT2D eigenvalue weighted by Crippen LogP contribution is -2.27. The molecule has 1 N–H and O–H groups in total. The largest absolute Gasteiger partial charge is 0.481 e. The molecule has 0 bridgehead atoms. The standard InChI is InChI=1S/C18H12INO5S/c19-13-8-11(6-7-14(13)25-10-16(21)22)9-15-17(23)20(18(24)26-15)12-4-2-1-3-5-12/h1-9H,10H2,(H,21,22)/b15-9-. The molecule has 3 rings (SSSR count). The maximum atomic E-state index is 12.6. The van der Waals surface area contributed by atoms with Gasteiger partial charge in [-0.25, -0.2) is 9.69 Å². The van der Waals surface area contributed by atoms with Crippen LogP contribution in [0.25, 0.3) is 6.08 Å². The number of benzene rings is 2. The zero-order valence-corrected chi connectivity index (χ0v) is 16.2. The van der Waals surface area contributed by atoms with Crippen molar-refractivity contribution in [1.82, 2.24) is 0 Å². The second-order valence-electron chi connectivity index (χ2n) is 5.22. The molecule has 0 spiro atoms. The van der Waals surface area contributed by atoms with Crippen molar-refractivity contribution in [1.29, 1.82) is 0 Å². The summed E-state index contributed by atoms with van der Waals surface area (Å²) in [6, 6.07) is 13.9. The maximum absolute atomic E-state index is 12.6. The van der Waals surface area contributed by atoms with Gasteiger partial charge in [0, 0.05) is 0 Å². The lowest BCUT2D eigenvalue weighted by atomic mass is 10.2. The molecule has 132 valence electrons. The maximum Gasteiger partial charge on any atom is 0.341 e. The van der Waals surface area contributed by atoms with Crippen LogP contribution in [0.15, 0.2) is 53.4 Å². The fourth-order valence-electron chi connectivity index (χ4n) is 2.28. The number of para-hydroxylation sites is 1. The SMILES string of the molecule is O=C(O)COc1ccc(/C=C2\SC(=O)N(c3ccccc3)C2=O)cc1I. The van der Waals surface area contributed by atoms with Gasteiger partial charge in [-0.15, -0.1) is 0 Å². The minimum atomic E-state index is -1.06. The van der Waals surface area contributed by atoms with Crippen LogP contribution in [0.2, 0.25) is 0 Å². The second-order valence-corrected chi connectivity index (χ2v) is 7.38. The first kappa shape index (κ1) is 18.5. The number of carbonyl (C=O) groups is 3. The van der Waals surface area contributed by atoms with E-state index < -0.39 is 12.6 Å². The van der Waals surface area contributed by atoms with Crippen LogP contribution in [0.3, 0.4) is 0 Å². The topological polar surface area (TPSA) is 83.9 Å². The van der Waals surface area contributed by atoms with Crippen LogP contribution < -0.4 is 9.64 Å². The monoisotopic (exact) mass is 481 g/mol. The van der Waals surface area contributed by atoms with Crippen LogP contribution in [-0.2, 0) is 9.59 Å². The molecule has 1 saturated heterocycles. The molecule has 8 heteroatoms. The van der Waals surface area contributed by atoms with Gasteiger partial charge < -0.3 is 9.84 Å². The molecule has 0 unspecified atom stereocenters. The van der Waals surface area contributed by atoms with Crippen LogP contribution in [0, 0.1) is 3.57 Å². The van der Waals surface area contributed by atoms with Gasteiger partial charge in [-0.2, -0.15) is 0 Å². The highest BCUT2D eigenvalue weighted by molar-refractivity contribution is 14.1. The van der Waals surface area contributed by atoms with Crippen molar-refractivity contribution in [2.75, 3.05) is 11.5 Å². The Morgan fingerprint density at radius 2 is 1.92 bits per heavy atom. The molecule has 1 aliphatic heterocycles. The molecule has 1 fully saturated rings. The number of amides is 2. The zero-order valence-electron chi connectivity index (χ0n) is 13.2. The smallest absolute Gasteiger partial charge is 0.341 e. The Morgan fingerprint density at radius 3 is 2.58 bits per heavy atom. The summed E-state index contributed by atoms with van der Waals surface area (Å²) in [6.45, 7) is -0.425. The molecule has 2 amide bonds. The first-order chi connectivity index (χ1) is 12.5. The highest BCUT2D eigenvalue weighted by atomic mass is 127. The summed E-state index contributed by atoms with van der Waals surface area (Å²) in [7, 11) is 0. The number of anilines is 1. The summed E-state index contributed by atoms with van der Waals surface area (Å²) in [5, 5.41) is 8.33. The molecule has 1 heterocycles. The lowest BCUT2D eigenvalue weighted by Gasteiger charge is -2.11. The Kier molecular flexibility index (Phi) is 5.62. The summed E-state index contributed by atoms with van der Waals surface area (Å²) < 4.78 is 5.88. The van der Waals surface area contributed by atoms with E-state index in [0.29, 0.717) is 19.9 Å². The number of imide groups is 1. The van der Waals surface area contributed by atoms with Crippen molar-refractivity contribution < 1.29 is 24.2 Å². The normalized spacial score (nSPS) is 15.6. The molecule has 26 heavy (non-hydrogen) atoms. The molecule has 0 aromatic heterocycles. The molecule has 6 nitrogen and oxygen atoms in total. The van der Waals surface area contributed by atoms with Crippen molar-refractivity contribution in [2.24, 2.45) is 0 Å². The van der Waals surface area contributed by atoms with E-state index in [9.17, 15) is 14.4 Å². The summed E-state index contributed by atoms with van der Waals surface area (Å²) >= 11 is 2.91. The first-order valence-corrected chi connectivity index (χ1v) is 9.32. The van der Waals surface area contributed by atoms with Crippen LogP contribution >= 0.6 is 34.4 Å². The molecule has 2 aromatic rings. The number of carbonyl (C=O) groups excluding carboxylic acids is 2. The van der Waals surface area contributed by atoms with E-state index in [-0.39, 0.29) is 11.1 Å². The van der Waals surface area contributed by atoms with Crippen molar-refractivity contribution in [3.63, 3.8) is 0 Å². The molecule has 1 aliphatic rings. The number of thioether (sulfide) groups is 1. The van der Waals surface area contributed by atoms with Gasteiger partial charge >= 0.3 is 5.97 Å². The number of rotatable bonds is 5. The number of hydrogen-bond donors (Lipinski definition) is 1. The minimum Gasteiger partial charge on any atom is -0.481 e. The van der Waals surface area contributed by atoms with Crippen LogP contribution in [-0.4, -0.2) is 28.8 Å². The van der Waals surface area contributed by atoms with Crippen molar-refractivity contribution >= 4 is 63.2 Å². The van der Waals surface area contributed by atoms with Crippen LogP contribution in [0.5, 0.6) is 5.75 Å². The highest BCUT2D eigenvalue weighted by Gasteiger charge is 2.36. The van der Waals surface area contributed by atoms with E-state index in [1.54, 1.807) is 48.5 Å². The summed E-state index contributed by atoms with van der Waals surface area (Å²) in [6.07, 6.45) is 1.64. The van der Waals surface area contributed by atoms with Crippen molar-refractivity contribution in [3.05, 3.63) is 62.6 Å². The molecule has 0 radical (unpaired) electrons. The zero-order chi connectivity index (χ0) is 18.7. The number of halogens is 1. The third-order valence-electron chi connectivity index (χ3n) is 3.41. The van der Waals surface area contributed by atoms with Crippen molar-refractivity contribution in [3.8, 4) is 5.75 Å². The van der Waals surface area contributed by atoms with E-state index in [0.717, 1.165) is 22.2 Å². The summed E-state index contributed by atoms with van der Waals surface area (Å²) in [4.78, 5) is 36.8. The number of ether oxygens (including phenoxy) is 1. The molecule has 2 aromatic carbocycles. The third-order valence-corrected chi connectivity index (χ3v) is 5.13. The Balaban J connectivity index is 1.82. The Morgan fingerprint density at radius 1 is 1.19 bits per heavy atom. The second kappa shape index (κ2) is 7.92. The minimum absolute atomic E-state index is 0.328. The molecule has 0 aliphatic carbocycles. The number of nitrogens with zero attached hydrogens (tertiary/aromatic N) is 1. The molecular formula is C18H12INO5S. The van der Waals surface area contributed by atoms with Crippen LogP contribution in [0.1, 0.15) is 5.56 Å². The average Bonchev–Trinajstić information content (AvgIpc) is 2.88. The highest BCUT2D eigenvalue weighted by Crippen LogP contribution is 2.36. The van der Waals surface area contributed by atoms with E-state index in [4.69, 9.17) is 9.84 Å². The Bertz CT molecular complexity index is 913. The number of carboxylic acids is 1. The molecule has 0 saturated carbocycles. The number of carboxylic acid groups (broad SMARTS) is 1. The van der Waals surface area contributed by atoms with Gasteiger partial charge in [0.15, 0.2) is 6.61 Å². The number of aliphatic carboxylic acids is 1. The van der Waals surface area contributed by atoms with E-state index in [1.165, 1.54) is 0 Å². The van der Waals surface area contributed by atoms with Crippen LogP contribution in [0.4, 0.5) is 10.5 Å². The fraction of sp³-hybridized carbons (Fsp3) is 0.0556. The van der Waals surface area contributed by atoms with Gasteiger partial charge in [0.05, 0.1) is 14.2 Å². The predicted molar refractivity (Wildman–Crippen MR) is 107 cm³/mol.